The van der Waals surface area contributed by atoms with Crippen LogP contribution >= 0.6 is 0 Å². The number of hydrogen-bond donors (Lipinski definition) is 2. The summed E-state index contributed by atoms with van der Waals surface area (Å²) in [7, 11) is 0. The van der Waals surface area contributed by atoms with Gasteiger partial charge in [0.25, 0.3) is 0 Å². The van der Waals surface area contributed by atoms with Gasteiger partial charge in [-0.25, -0.2) is 0 Å². The average molecular weight is 201 g/mol. The molecule has 0 aromatic carbocycles. The zero-order valence-electron chi connectivity index (χ0n) is 8.65. The minimum absolute atomic E-state index is 0.218. The molecule has 82 valence electrons. The van der Waals surface area contributed by atoms with Gasteiger partial charge in [-0.05, 0) is 25.3 Å². The van der Waals surface area contributed by atoms with Crippen molar-refractivity contribution in [3.63, 3.8) is 0 Å². The Kier molecular flexibility index (Phi) is 4.35. The molecule has 0 bridgehead atoms. The summed E-state index contributed by atoms with van der Waals surface area (Å²) in [4.78, 5) is 12.9. The number of unbranched alkanes of at least 4 members (excludes halogenated alkanes) is 1. The SMILES string of the molecule is CC(C(=O)O)C1CN(CCCCO)C1. The Hall–Kier alpha value is -0.610. The lowest BCUT2D eigenvalue weighted by Crippen LogP contribution is -2.51. The Morgan fingerprint density at radius 3 is 2.64 bits per heavy atom. The first-order chi connectivity index (χ1) is 6.65. The van der Waals surface area contributed by atoms with Crippen molar-refractivity contribution in [2.45, 2.75) is 19.8 Å². The molecule has 1 rings (SSSR count). The Bertz CT molecular complexity index is 190. The lowest BCUT2D eigenvalue weighted by atomic mass is 9.87. The molecule has 0 amide bonds. The standard InChI is InChI=1S/C10H19NO3/c1-8(10(13)14)9-6-11(7-9)4-2-3-5-12/h8-9,12H,2-7H2,1H3,(H,13,14). The van der Waals surface area contributed by atoms with Gasteiger partial charge in [0.05, 0.1) is 5.92 Å². The Balaban J connectivity index is 2.08. The Labute approximate surface area is 84.5 Å². The van der Waals surface area contributed by atoms with Crippen LogP contribution in [-0.4, -0.2) is 47.3 Å². The summed E-state index contributed by atoms with van der Waals surface area (Å²) in [5, 5.41) is 17.4. The van der Waals surface area contributed by atoms with E-state index in [1.165, 1.54) is 0 Å². The van der Waals surface area contributed by atoms with Gasteiger partial charge in [-0.2, -0.15) is 0 Å². The van der Waals surface area contributed by atoms with Crippen LogP contribution in [0.4, 0.5) is 0 Å². The van der Waals surface area contributed by atoms with Gasteiger partial charge in [0.15, 0.2) is 0 Å². The molecule has 1 atom stereocenters. The molecule has 0 radical (unpaired) electrons. The molecule has 1 saturated heterocycles. The Morgan fingerprint density at radius 2 is 2.14 bits per heavy atom. The van der Waals surface area contributed by atoms with Gasteiger partial charge in [-0.15, -0.1) is 0 Å². The van der Waals surface area contributed by atoms with Crippen LogP contribution in [0.1, 0.15) is 19.8 Å². The maximum Gasteiger partial charge on any atom is 0.306 e. The fourth-order valence-electron chi connectivity index (χ4n) is 1.76. The molecule has 1 heterocycles. The number of aliphatic carboxylic acids is 1. The summed E-state index contributed by atoms with van der Waals surface area (Å²) < 4.78 is 0. The van der Waals surface area contributed by atoms with Crippen molar-refractivity contribution in [2.75, 3.05) is 26.2 Å². The molecule has 0 aromatic rings. The third-order valence-corrected chi connectivity index (χ3v) is 2.96. The first-order valence-electron chi connectivity index (χ1n) is 5.21. The molecule has 4 nitrogen and oxygen atoms in total. The molecule has 2 N–H and O–H groups in total. The van der Waals surface area contributed by atoms with Crippen molar-refractivity contribution >= 4 is 5.97 Å². The van der Waals surface area contributed by atoms with Crippen molar-refractivity contribution in [3.8, 4) is 0 Å². The highest BCUT2D eigenvalue weighted by Crippen LogP contribution is 2.23. The van der Waals surface area contributed by atoms with E-state index in [0.29, 0.717) is 5.92 Å². The molecule has 0 aromatic heterocycles. The van der Waals surface area contributed by atoms with Gasteiger partial charge >= 0.3 is 5.97 Å². The average Bonchev–Trinajstić information content (AvgIpc) is 2.08. The molecule has 0 saturated carbocycles. The minimum Gasteiger partial charge on any atom is -0.481 e. The van der Waals surface area contributed by atoms with E-state index in [9.17, 15) is 4.79 Å². The zero-order chi connectivity index (χ0) is 10.6. The van der Waals surface area contributed by atoms with Crippen LogP contribution in [0.3, 0.4) is 0 Å². The number of likely N-dealkylation sites (tertiary alicyclic amines) is 1. The molecular weight excluding hydrogens is 182 g/mol. The van der Waals surface area contributed by atoms with Crippen LogP contribution in [-0.2, 0) is 4.79 Å². The third kappa shape index (κ3) is 2.96. The summed E-state index contributed by atoms with van der Waals surface area (Å²) in [5.74, 6) is -0.587. The molecular formula is C10H19NO3. The predicted octanol–water partition coefficient (Wildman–Crippen LogP) is 0.411. The van der Waals surface area contributed by atoms with Gasteiger partial charge in [0.1, 0.15) is 0 Å². The topological polar surface area (TPSA) is 60.8 Å². The number of aliphatic hydroxyl groups excluding tert-OH is 1. The molecule has 0 aliphatic carbocycles. The summed E-state index contributed by atoms with van der Waals surface area (Å²) in [6.07, 6.45) is 1.85. The third-order valence-electron chi connectivity index (χ3n) is 2.96. The lowest BCUT2D eigenvalue weighted by molar-refractivity contribution is -0.145. The van der Waals surface area contributed by atoms with E-state index in [4.69, 9.17) is 10.2 Å². The number of carbonyl (C=O) groups is 1. The number of carboxylic acids is 1. The van der Waals surface area contributed by atoms with E-state index >= 15 is 0 Å². The second-order valence-electron chi connectivity index (χ2n) is 4.08. The van der Waals surface area contributed by atoms with Crippen molar-refractivity contribution in [1.82, 2.24) is 4.90 Å². The second-order valence-corrected chi connectivity index (χ2v) is 4.08. The smallest absolute Gasteiger partial charge is 0.306 e. The highest BCUT2D eigenvalue weighted by molar-refractivity contribution is 5.70. The molecule has 1 aliphatic heterocycles. The maximum atomic E-state index is 10.6. The normalized spacial score (nSPS) is 20.4. The zero-order valence-corrected chi connectivity index (χ0v) is 8.65. The van der Waals surface area contributed by atoms with Crippen LogP contribution in [0.5, 0.6) is 0 Å². The summed E-state index contributed by atoms with van der Waals surface area (Å²) in [5.41, 5.74) is 0. The number of rotatable bonds is 6. The fourth-order valence-corrected chi connectivity index (χ4v) is 1.76. The van der Waals surface area contributed by atoms with E-state index in [-0.39, 0.29) is 12.5 Å². The van der Waals surface area contributed by atoms with Crippen LogP contribution in [0.15, 0.2) is 0 Å². The van der Waals surface area contributed by atoms with Crippen molar-refractivity contribution in [2.24, 2.45) is 11.8 Å². The molecule has 14 heavy (non-hydrogen) atoms. The molecule has 4 heteroatoms. The highest BCUT2D eigenvalue weighted by Gasteiger charge is 2.33. The first-order valence-corrected chi connectivity index (χ1v) is 5.21. The molecule has 1 aliphatic rings. The molecule has 1 unspecified atom stereocenters. The molecule has 0 spiro atoms. The number of hydrogen-bond acceptors (Lipinski definition) is 3. The van der Waals surface area contributed by atoms with Gasteiger partial charge in [0.2, 0.25) is 0 Å². The van der Waals surface area contributed by atoms with E-state index in [2.05, 4.69) is 4.90 Å². The van der Waals surface area contributed by atoms with Crippen LogP contribution < -0.4 is 0 Å². The van der Waals surface area contributed by atoms with Gasteiger partial charge in [0, 0.05) is 19.7 Å². The van der Waals surface area contributed by atoms with E-state index < -0.39 is 5.97 Å². The van der Waals surface area contributed by atoms with Gasteiger partial charge in [-0.1, -0.05) is 6.92 Å². The maximum absolute atomic E-state index is 10.6. The number of aliphatic hydroxyl groups is 1. The van der Waals surface area contributed by atoms with Crippen LogP contribution in [0.25, 0.3) is 0 Å². The molecule has 1 fully saturated rings. The quantitative estimate of drug-likeness (QED) is 0.611. The second kappa shape index (κ2) is 5.32. The minimum atomic E-state index is -0.690. The van der Waals surface area contributed by atoms with Crippen molar-refractivity contribution < 1.29 is 15.0 Å². The Morgan fingerprint density at radius 1 is 1.50 bits per heavy atom. The van der Waals surface area contributed by atoms with Crippen LogP contribution in [0, 0.1) is 11.8 Å². The van der Waals surface area contributed by atoms with E-state index in [1.807, 2.05) is 0 Å². The lowest BCUT2D eigenvalue weighted by Gasteiger charge is -2.41. The number of nitrogens with zero attached hydrogens (tertiary/aromatic N) is 1. The van der Waals surface area contributed by atoms with Gasteiger partial charge < -0.3 is 15.1 Å². The van der Waals surface area contributed by atoms with E-state index in [1.54, 1.807) is 6.92 Å². The van der Waals surface area contributed by atoms with E-state index in [0.717, 1.165) is 32.5 Å². The van der Waals surface area contributed by atoms with Crippen molar-refractivity contribution in [3.05, 3.63) is 0 Å². The fraction of sp³-hybridized carbons (Fsp3) is 0.900. The largest absolute Gasteiger partial charge is 0.481 e. The first kappa shape index (κ1) is 11.5. The highest BCUT2D eigenvalue weighted by atomic mass is 16.4. The van der Waals surface area contributed by atoms with Crippen LogP contribution in [0.2, 0.25) is 0 Å². The summed E-state index contributed by atoms with van der Waals surface area (Å²) >= 11 is 0. The monoisotopic (exact) mass is 201 g/mol. The summed E-state index contributed by atoms with van der Waals surface area (Å²) in [6, 6.07) is 0. The van der Waals surface area contributed by atoms with Gasteiger partial charge in [-0.3, -0.25) is 4.79 Å². The predicted molar refractivity (Wildman–Crippen MR) is 53.0 cm³/mol. The van der Waals surface area contributed by atoms with Crippen molar-refractivity contribution in [1.29, 1.82) is 0 Å². The summed E-state index contributed by atoms with van der Waals surface area (Å²) in [6.45, 7) is 4.82. The number of carboxylic acid groups (broad SMARTS) is 1.